The molecule has 3 heteroatoms. The lowest BCUT2D eigenvalue weighted by Crippen LogP contribution is -2.37. The third-order valence-electron chi connectivity index (χ3n) is 5.27. The maximum absolute atomic E-state index is 6.33. The Morgan fingerprint density at radius 1 is 1.16 bits per heavy atom. The van der Waals surface area contributed by atoms with Crippen LogP contribution >= 0.6 is 0 Å². The molecule has 0 bridgehead atoms. The Morgan fingerprint density at radius 3 is 2.63 bits per heavy atom. The van der Waals surface area contributed by atoms with Crippen LogP contribution in [-0.2, 0) is 4.74 Å². The summed E-state index contributed by atoms with van der Waals surface area (Å²) in [6.07, 6.45) is 11.3. The van der Waals surface area contributed by atoms with E-state index in [-0.39, 0.29) is 0 Å². The topological polar surface area (TPSA) is 24.5 Å². The molecule has 19 heavy (non-hydrogen) atoms. The van der Waals surface area contributed by atoms with Crippen LogP contribution in [0.4, 0.5) is 0 Å². The molecule has 1 saturated heterocycles. The van der Waals surface area contributed by atoms with Gasteiger partial charge in [-0.15, -0.1) is 0 Å². The van der Waals surface area contributed by atoms with E-state index >= 15 is 0 Å². The monoisotopic (exact) mass is 266 g/mol. The Balaban J connectivity index is 1.30. The van der Waals surface area contributed by atoms with Crippen molar-refractivity contribution >= 4 is 0 Å². The predicted molar refractivity (Wildman–Crippen MR) is 78.4 cm³/mol. The molecule has 3 aliphatic rings. The van der Waals surface area contributed by atoms with Crippen molar-refractivity contribution in [2.24, 2.45) is 0 Å². The zero-order chi connectivity index (χ0) is 13.1. The van der Waals surface area contributed by atoms with E-state index in [9.17, 15) is 0 Å². The second-order valence-electron chi connectivity index (χ2n) is 6.73. The van der Waals surface area contributed by atoms with Gasteiger partial charge in [-0.1, -0.05) is 19.8 Å². The van der Waals surface area contributed by atoms with E-state index in [1.807, 2.05) is 0 Å². The predicted octanol–water partition coefficient (Wildman–Crippen LogP) is 2.55. The molecule has 3 fully saturated rings. The van der Waals surface area contributed by atoms with E-state index in [1.54, 1.807) is 0 Å². The first-order valence-electron chi connectivity index (χ1n) is 8.44. The van der Waals surface area contributed by atoms with E-state index in [2.05, 4.69) is 17.1 Å². The van der Waals surface area contributed by atoms with Gasteiger partial charge < -0.3 is 10.1 Å². The number of hydrogen-bond acceptors (Lipinski definition) is 3. The molecule has 1 unspecified atom stereocenters. The summed E-state index contributed by atoms with van der Waals surface area (Å²) >= 11 is 0. The van der Waals surface area contributed by atoms with Crippen LogP contribution in [0.3, 0.4) is 0 Å². The summed E-state index contributed by atoms with van der Waals surface area (Å²) in [5.41, 5.74) is 0.301. The summed E-state index contributed by atoms with van der Waals surface area (Å²) in [6.45, 7) is 6.87. The number of nitrogens with one attached hydrogen (secondary N) is 1. The van der Waals surface area contributed by atoms with Gasteiger partial charge in [0.2, 0.25) is 0 Å². The SMILES string of the molecule is CCN(CCNCC1CCC2(CCCC2)O1)C1CC1. The Kier molecular flexibility index (Phi) is 4.45. The van der Waals surface area contributed by atoms with Crippen LogP contribution in [0.1, 0.15) is 58.3 Å². The number of rotatable bonds is 7. The molecule has 1 aliphatic heterocycles. The Hall–Kier alpha value is -0.120. The highest BCUT2D eigenvalue weighted by Crippen LogP contribution is 2.43. The molecule has 0 aromatic heterocycles. The molecule has 0 radical (unpaired) electrons. The van der Waals surface area contributed by atoms with Crippen molar-refractivity contribution in [2.45, 2.75) is 76.0 Å². The van der Waals surface area contributed by atoms with Crippen LogP contribution in [0.5, 0.6) is 0 Å². The summed E-state index contributed by atoms with van der Waals surface area (Å²) in [5.74, 6) is 0. The molecule has 1 heterocycles. The molecule has 2 saturated carbocycles. The average Bonchev–Trinajstić information content (AvgIpc) is 3.04. The van der Waals surface area contributed by atoms with Crippen LogP contribution in [0.15, 0.2) is 0 Å². The third-order valence-corrected chi connectivity index (χ3v) is 5.27. The van der Waals surface area contributed by atoms with Crippen molar-refractivity contribution in [3.8, 4) is 0 Å². The van der Waals surface area contributed by atoms with Gasteiger partial charge in [-0.25, -0.2) is 0 Å². The average molecular weight is 266 g/mol. The van der Waals surface area contributed by atoms with Crippen molar-refractivity contribution in [1.82, 2.24) is 10.2 Å². The Labute approximate surface area is 118 Å². The van der Waals surface area contributed by atoms with Crippen LogP contribution in [0.25, 0.3) is 0 Å². The van der Waals surface area contributed by atoms with Crippen LogP contribution in [0.2, 0.25) is 0 Å². The maximum Gasteiger partial charge on any atom is 0.0708 e. The standard InChI is InChI=1S/C16H30N2O/c1-2-18(14-5-6-14)12-11-17-13-15-7-10-16(19-15)8-3-4-9-16/h14-15,17H,2-13H2,1H3. The van der Waals surface area contributed by atoms with Crippen molar-refractivity contribution in [3.63, 3.8) is 0 Å². The summed E-state index contributed by atoms with van der Waals surface area (Å²) in [7, 11) is 0. The molecular weight excluding hydrogens is 236 g/mol. The van der Waals surface area contributed by atoms with Gasteiger partial charge >= 0.3 is 0 Å². The summed E-state index contributed by atoms with van der Waals surface area (Å²) in [6, 6.07) is 0.899. The van der Waals surface area contributed by atoms with Gasteiger partial charge in [0.05, 0.1) is 11.7 Å². The zero-order valence-electron chi connectivity index (χ0n) is 12.5. The van der Waals surface area contributed by atoms with Crippen molar-refractivity contribution in [3.05, 3.63) is 0 Å². The highest BCUT2D eigenvalue weighted by molar-refractivity contribution is 4.93. The molecule has 0 amide bonds. The fourth-order valence-corrected chi connectivity index (χ4v) is 3.95. The van der Waals surface area contributed by atoms with Gasteiger partial charge in [0.25, 0.3) is 0 Å². The van der Waals surface area contributed by atoms with E-state index in [0.29, 0.717) is 11.7 Å². The summed E-state index contributed by atoms with van der Waals surface area (Å²) < 4.78 is 6.33. The fourth-order valence-electron chi connectivity index (χ4n) is 3.95. The van der Waals surface area contributed by atoms with Crippen LogP contribution in [0, 0.1) is 0 Å². The van der Waals surface area contributed by atoms with E-state index in [4.69, 9.17) is 4.74 Å². The number of ether oxygens (including phenoxy) is 1. The van der Waals surface area contributed by atoms with Gasteiger partial charge in [-0.2, -0.15) is 0 Å². The lowest BCUT2D eigenvalue weighted by molar-refractivity contribution is -0.0351. The second kappa shape index (κ2) is 6.11. The van der Waals surface area contributed by atoms with Crippen molar-refractivity contribution in [1.29, 1.82) is 0 Å². The number of hydrogen-bond donors (Lipinski definition) is 1. The molecular formula is C16H30N2O. The van der Waals surface area contributed by atoms with Crippen LogP contribution < -0.4 is 5.32 Å². The van der Waals surface area contributed by atoms with Crippen LogP contribution in [-0.4, -0.2) is 48.8 Å². The molecule has 110 valence electrons. The number of likely N-dealkylation sites (N-methyl/N-ethyl adjacent to an activating group) is 1. The normalized spacial score (nSPS) is 29.7. The highest BCUT2D eigenvalue weighted by Gasteiger charge is 2.41. The minimum absolute atomic E-state index is 0.301. The van der Waals surface area contributed by atoms with E-state index < -0.39 is 0 Å². The third kappa shape index (κ3) is 3.50. The number of nitrogens with zero attached hydrogens (tertiary/aromatic N) is 1. The van der Waals surface area contributed by atoms with Crippen molar-refractivity contribution < 1.29 is 4.74 Å². The Morgan fingerprint density at radius 2 is 1.95 bits per heavy atom. The smallest absolute Gasteiger partial charge is 0.0708 e. The first kappa shape index (κ1) is 13.8. The van der Waals surface area contributed by atoms with Gasteiger partial charge in [0.15, 0.2) is 0 Å². The molecule has 1 spiro atoms. The maximum atomic E-state index is 6.33. The summed E-state index contributed by atoms with van der Waals surface area (Å²) in [5, 5.41) is 3.61. The van der Waals surface area contributed by atoms with E-state index in [0.717, 1.165) is 19.1 Å². The minimum Gasteiger partial charge on any atom is -0.370 e. The quantitative estimate of drug-likeness (QED) is 0.717. The molecule has 3 nitrogen and oxygen atoms in total. The first-order chi connectivity index (χ1) is 9.31. The molecule has 3 rings (SSSR count). The highest BCUT2D eigenvalue weighted by atomic mass is 16.5. The molecule has 0 aromatic rings. The van der Waals surface area contributed by atoms with Gasteiger partial charge in [0.1, 0.15) is 0 Å². The molecule has 0 aromatic carbocycles. The lowest BCUT2D eigenvalue weighted by Gasteiger charge is -2.24. The van der Waals surface area contributed by atoms with E-state index in [1.165, 1.54) is 64.5 Å². The van der Waals surface area contributed by atoms with Crippen molar-refractivity contribution in [2.75, 3.05) is 26.2 Å². The fraction of sp³-hybridized carbons (Fsp3) is 1.00. The molecule has 2 aliphatic carbocycles. The molecule has 1 N–H and O–H groups in total. The molecule has 1 atom stereocenters. The first-order valence-corrected chi connectivity index (χ1v) is 8.44. The zero-order valence-corrected chi connectivity index (χ0v) is 12.5. The summed E-state index contributed by atoms with van der Waals surface area (Å²) in [4.78, 5) is 2.61. The van der Waals surface area contributed by atoms with Gasteiger partial charge in [0, 0.05) is 25.7 Å². The lowest BCUT2D eigenvalue weighted by atomic mass is 9.98. The second-order valence-corrected chi connectivity index (χ2v) is 6.73. The largest absolute Gasteiger partial charge is 0.370 e. The Bertz CT molecular complexity index is 284. The minimum atomic E-state index is 0.301. The van der Waals surface area contributed by atoms with Gasteiger partial charge in [-0.05, 0) is 45.1 Å². The van der Waals surface area contributed by atoms with Gasteiger partial charge in [-0.3, -0.25) is 4.90 Å².